The van der Waals surface area contributed by atoms with Crippen LogP contribution in [-0.2, 0) is 9.59 Å². The number of para-hydroxylation sites is 1. The summed E-state index contributed by atoms with van der Waals surface area (Å²) in [5.41, 5.74) is 3.43. The summed E-state index contributed by atoms with van der Waals surface area (Å²) in [6, 6.07) is 13.2. The van der Waals surface area contributed by atoms with Gasteiger partial charge >= 0.3 is 0 Å². The number of amides is 2. The fraction of sp³-hybridized carbons (Fsp3) is 0.263. The molecule has 0 aromatic heterocycles. The Morgan fingerprint density at radius 1 is 1.25 bits per heavy atom. The predicted octanol–water partition coefficient (Wildman–Crippen LogP) is 3.28. The molecule has 0 spiro atoms. The van der Waals surface area contributed by atoms with E-state index in [0.717, 1.165) is 16.8 Å². The second-order valence-corrected chi connectivity index (χ2v) is 6.06. The van der Waals surface area contributed by atoms with Gasteiger partial charge in [0.05, 0.1) is 11.6 Å². The van der Waals surface area contributed by atoms with Crippen molar-refractivity contribution in [3.63, 3.8) is 0 Å². The van der Waals surface area contributed by atoms with Crippen molar-refractivity contribution in [3.8, 4) is 5.75 Å². The van der Waals surface area contributed by atoms with Crippen molar-refractivity contribution in [2.24, 2.45) is 5.92 Å². The number of benzene rings is 2. The summed E-state index contributed by atoms with van der Waals surface area (Å²) in [5.74, 6) is -0.285. The van der Waals surface area contributed by atoms with Crippen molar-refractivity contribution in [1.82, 2.24) is 0 Å². The van der Waals surface area contributed by atoms with Crippen LogP contribution in [0.2, 0.25) is 0 Å². The van der Waals surface area contributed by atoms with Crippen LogP contribution >= 0.6 is 0 Å². The Kier molecular flexibility index (Phi) is 4.51. The van der Waals surface area contributed by atoms with Crippen LogP contribution in [0.15, 0.2) is 42.5 Å². The Hall–Kier alpha value is -2.82. The van der Waals surface area contributed by atoms with Gasteiger partial charge in [0.25, 0.3) is 0 Å². The second-order valence-electron chi connectivity index (χ2n) is 6.06. The van der Waals surface area contributed by atoms with Crippen LogP contribution in [-0.4, -0.2) is 18.4 Å². The first-order chi connectivity index (χ1) is 11.5. The minimum Gasteiger partial charge on any atom is -0.491 e. The van der Waals surface area contributed by atoms with Crippen molar-refractivity contribution in [1.29, 1.82) is 0 Å². The molecule has 1 aliphatic rings. The number of ether oxygens (including phenoxy) is 1. The molecule has 24 heavy (non-hydrogen) atoms. The van der Waals surface area contributed by atoms with Crippen LogP contribution in [0.4, 0.5) is 11.4 Å². The topological polar surface area (TPSA) is 67.4 Å². The number of fused-ring (bicyclic) bond motifs is 1. The Labute approximate surface area is 141 Å². The summed E-state index contributed by atoms with van der Waals surface area (Å²) in [7, 11) is 0. The average molecular weight is 324 g/mol. The van der Waals surface area contributed by atoms with E-state index in [0.29, 0.717) is 11.4 Å². The number of rotatable bonds is 3. The van der Waals surface area contributed by atoms with E-state index in [9.17, 15) is 9.59 Å². The lowest BCUT2D eigenvalue weighted by Gasteiger charge is -2.13. The maximum absolute atomic E-state index is 12.4. The van der Waals surface area contributed by atoms with Gasteiger partial charge in [0.2, 0.25) is 11.8 Å². The van der Waals surface area contributed by atoms with Crippen molar-refractivity contribution in [2.45, 2.75) is 20.3 Å². The molecule has 1 unspecified atom stereocenters. The van der Waals surface area contributed by atoms with E-state index < -0.39 is 5.92 Å². The average Bonchev–Trinajstić information content (AvgIpc) is 2.69. The lowest BCUT2D eigenvalue weighted by Crippen LogP contribution is -2.29. The number of hydrogen-bond donors (Lipinski definition) is 2. The minimum absolute atomic E-state index is 0.0765. The van der Waals surface area contributed by atoms with Crippen LogP contribution < -0.4 is 15.4 Å². The van der Waals surface area contributed by atoms with E-state index in [1.165, 1.54) is 0 Å². The highest BCUT2D eigenvalue weighted by atomic mass is 16.5. The minimum atomic E-state index is -0.526. The summed E-state index contributed by atoms with van der Waals surface area (Å²) < 4.78 is 5.70. The molecule has 0 radical (unpaired) electrons. The normalized spacial score (nSPS) is 16.4. The predicted molar refractivity (Wildman–Crippen MR) is 93.2 cm³/mol. The molecular formula is C19H20N2O3. The summed E-state index contributed by atoms with van der Waals surface area (Å²) in [6.07, 6.45) is 0.0765. The molecule has 2 aromatic carbocycles. The molecule has 0 bridgehead atoms. The van der Waals surface area contributed by atoms with Gasteiger partial charge in [-0.25, -0.2) is 0 Å². The van der Waals surface area contributed by atoms with Gasteiger partial charge in [-0.3, -0.25) is 9.59 Å². The third kappa shape index (κ3) is 3.56. The standard InChI is InChI=1S/C19H20N2O3/c1-12-7-8-17-16(9-12)21-19(23)14(11-24-17)10-18(22)20-15-6-4-3-5-13(15)2/h3-9,14H,10-11H2,1-2H3,(H,20,22)(H,21,23). The van der Waals surface area contributed by atoms with Gasteiger partial charge in [0.15, 0.2) is 0 Å². The van der Waals surface area contributed by atoms with Gasteiger partial charge in [-0.15, -0.1) is 0 Å². The fourth-order valence-electron chi connectivity index (χ4n) is 2.66. The molecule has 0 aliphatic carbocycles. The number of anilines is 2. The number of carbonyl (C=O) groups is 2. The van der Waals surface area contributed by atoms with Crippen molar-refractivity contribution < 1.29 is 14.3 Å². The third-order valence-corrected chi connectivity index (χ3v) is 4.05. The highest BCUT2D eigenvalue weighted by molar-refractivity contribution is 5.99. The second kappa shape index (κ2) is 6.74. The molecule has 5 heteroatoms. The van der Waals surface area contributed by atoms with Crippen LogP contribution in [0, 0.1) is 19.8 Å². The lowest BCUT2D eigenvalue weighted by molar-refractivity contribution is -0.125. The molecule has 3 rings (SSSR count). The monoisotopic (exact) mass is 324 g/mol. The molecule has 1 aliphatic heterocycles. The molecule has 124 valence electrons. The zero-order chi connectivity index (χ0) is 17.1. The maximum Gasteiger partial charge on any atom is 0.231 e. The zero-order valence-corrected chi connectivity index (χ0v) is 13.8. The summed E-state index contributed by atoms with van der Waals surface area (Å²) in [5, 5.41) is 5.70. The largest absolute Gasteiger partial charge is 0.491 e. The maximum atomic E-state index is 12.4. The van der Waals surface area contributed by atoms with Gasteiger partial charge in [-0.2, -0.15) is 0 Å². The quantitative estimate of drug-likeness (QED) is 0.910. The van der Waals surface area contributed by atoms with E-state index in [-0.39, 0.29) is 24.8 Å². The van der Waals surface area contributed by atoms with Crippen LogP contribution in [0.3, 0.4) is 0 Å². The fourth-order valence-corrected chi connectivity index (χ4v) is 2.66. The number of hydrogen-bond acceptors (Lipinski definition) is 3. The van der Waals surface area contributed by atoms with Gasteiger partial charge in [0.1, 0.15) is 12.4 Å². The van der Waals surface area contributed by atoms with Crippen molar-refractivity contribution in [3.05, 3.63) is 53.6 Å². The molecule has 0 saturated heterocycles. The molecule has 0 fully saturated rings. The first-order valence-corrected chi connectivity index (χ1v) is 7.93. The van der Waals surface area contributed by atoms with Gasteiger partial charge in [-0.1, -0.05) is 24.3 Å². The highest BCUT2D eigenvalue weighted by Gasteiger charge is 2.27. The molecule has 2 aromatic rings. The molecule has 0 saturated carbocycles. The van der Waals surface area contributed by atoms with E-state index in [4.69, 9.17) is 4.74 Å². The number of carbonyl (C=O) groups excluding carboxylic acids is 2. The third-order valence-electron chi connectivity index (χ3n) is 4.05. The molecule has 5 nitrogen and oxygen atoms in total. The Morgan fingerprint density at radius 3 is 2.83 bits per heavy atom. The molecular weight excluding hydrogens is 304 g/mol. The number of aryl methyl sites for hydroxylation is 2. The summed E-state index contributed by atoms with van der Waals surface area (Å²) >= 11 is 0. The lowest BCUT2D eigenvalue weighted by atomic mass is 10.0. The molecule has 2 N–H and O–H groups in total. The van der Waals surface area contributed by atoms with E-state index in [2.05, 4.69) is 10.6 Å². The zero-order valence-electron chi connectivity index (χ0n) is 13.8. The van der Waals surface area contributed by atoms with Gasteiger partial charge < -0.3 is 15.4 Å². The Balaban J connectivity index is 1.67. The highest BCUT2D eigenvalue weighted by Crippen LogP contribution is 2.29. The Bertz CT molecular complexity index is 786. The van der Waals surface area contributed by atoms with Crippen molar-refractivity contribution in [2.75, 3.05) is 17.2 Å². The first-order valence-electron chi connectivity index (χ1n) is 7.93. The van der Waals surface area contributed by atoms with E-state index in [1.807, 2.05) is 56.3 Å². The number of nitrogens with one attached hydrogen (secondary N) is 2. The first kappa shape index (κ1) is 16.1. The van der Waals surface area contributed by atoms with Crippen LogP contribution in [0.25, 0.3) is 0 Å². The molecule has 1 atom stereocenters. The molecule has 1 heterocycles. The summed E-state index contributed by atoms with van der Waals surface area (Å²) in [6.45, 7) is 4.06. The van der Waals surface area contributed by atoms with E-state index >= 15 is 0 Å². The van der Waals surface area contributed by atoms with E-state index in [1.54, 1.807) is 0 Å². The SMILES string of the molecule is Cc1ccc2c(c1)NC(=O)C(CC(=O)Nc1ccccc1C)CO2. The van der Waals surface area contributed by atoms with Crippen LogP contribution in [0.5, 0.6) is 5.75 Å². The molecule has 2 amide bonds. The Morgan fingerprint density at radius 2 is 2.04 bits per heavy atom. The van der Waals surface area contributed by atoms with Crippen LogP contribution in [0.1, 0.15) is 17.5 Å². The smallest absolute Gasteiger partial charge is 0.231 e. The summed E-state index contributed by atoms with van der Waals surface area (Å²) in [4.78, 5) is 24.6. The van der Waals surface area contributed by atoms with Gasteiger partial charge in [0, 0.05) is 12.1 Å². The van der Waals surface area contributed by atoms with Crippen molar-refractivity contribution >= 4 is 23.2 Å². The van der Waals surface area contributed by atoms with Gasteiger partial charge in [-0.05, 0) is 43.2 Å².